The van der Waals surface area contributed by atoms with E-state index < -0.39 is 0 Å². The van der Waals surface area contributed by atoms with Gasteiger partial charge in [0.25, 0.3) is 0 Å². The molecular weight excluding hydrogens is 188 g/mol. The van der Waals surface area contributed by atoms with Gasteiger partial charge in [-0.1, -0.05) is 26.7 Å². The second-order valence-electron chi connectivity index (χ2n) is 5.50. The molecule has 1 unspecified atom stereocenters. The SMILES string of the molecule is CC(C)C(=O)C1CCC2(CCCC2)C1=O. The van der Waals surface area contributed by atoms with E-state index in [9.17, 15) is 9.59 Å². The lowest BCUT2D eigenvalue weighted by atomic mass is 9.81. The van der Waals surface area contributed by atoms with Crippen LogP contribution in [0.25, 0.3) is 0 Å². The molecule has 0 heterocycles. The summed E-state index contributed by atoms with van der Waals surface area (Å²) < 4.78 is 0. The Morgan fingerprint density at radius 1 is 1.27 bits per heavy atom. The van der Waals surface area contributed by atoms with Crippen molar-refractivity contribution < 1.29 is 9.59 Å². The third kappa shape index (κ3) is 1.64. The van der Waals surface area contributed by atoms with E-state index in [-0.39, 0.29) is 28.8 Å². The molecule has 2 aliphatic carbocycles. The van der Waals surface area contributed by atoms with Crippen LogP contribution >= 0.6 is 0 Å². The van der Waals surface area contributed by atoms with Crippen molar-refractivity contribution in [2.45, 2.75) is 52.4 Å². The van der Waals surface area contributed by atoms with Crippen LogP contribution in [0, 0.1) is 17.3 Å². The van der Waals surface area contributed by atoms with Crippen LogP contribution in [0.2, 0.25) is 0 Å². The number of Topliss-reactive ketones (excluding diaryl/α,β-unsaturated/α-hetero) is 2. The van der Waals surface area contributed by atoms with Crippen LogP contribution in [0.5, 0.6) is 0 Å². The maximum atomic E-state index is 12.3. The molecular formula is C13H20O2. The van der Waals surface area contributed by atoms with Crippen molar-refractivity contribution in [3.63, 3.8) is 0 Å². The molecule has 0 aromatic rings. The largest absolute Gasteiger partial charge is 0.299 e. The Morgan fingerprint density at radius 3 is 2.40 bits per heavy atom. The minimum absolute atomic E-state index is 0.00973. The van der Waals surface area contributed by atoms with Gasteiger partial charge in [-0.05, 0) is 25.7 Å². The molecule has 0 saturated heterocycles. The lowest BCUT2D eigenvalue weighted by molar-refractivity contribution is -0.136. The van der Waals surface area contributed by atoms with Crippen molar-refractivity contribution >= 4 is 11.6 Å². The van der Waals surface area contributed by atoms with Crippen molar-refractivity contribution in [3.8, 4) is 0 Å². The molecule has 0 aliphatic heterocycles. The molecule has 2 fully saturated rings. The van der Waals surface area contributed by atoms with E-state index in [1.165, 1.54) is 12.8 Å². The molecule has 0 aromatic heterocycles. The molecule has 0 radical (unpaired) electrons. The topological polar surface area (TPSA) is 34.1 Å². The van der Waals surface area contributed by atoms with Crippen LogP contribution in [0.4, 0.5) is 0 Å². The van der Waals surface area contributed by atoms with Gasteiger partial charge < -0.3 is 0 Å². The van der Waals surface area contributed by atoms with E-state index in [1.54, 1.807) is 0 Å². The lowest BCUT2D eigenvalue weighted by Gasteiger charge is -2.21. The van der Waals surface area contributed by atoms with E-state index in [4.69, 9.17) is 0 Å². The summed E-state index contributed by atoms with van der Waals surface area (Å²) in [6.07, 6.45) is 6.20. The van der Waals surface area contributed by atoms with Crippen LogP contribution in [0.15, 0.2) is 0 Å². The van der Waals surface area contributed by atoms with Gasteiger partial charge in [-0.3, -0.25) is 9.59 Å². The third-order valence-electron chi connectivity index (χ3n) is 4.22. The number of carbonyl (C=O) groups excluding carboxylic acids is 2. The Morgan fingerprint density at radius 2 is 1.87 bits per heavy atom. The highest BCUT2D eigenvalue weighted by Crippen LogP contribution is 2.50. The average Bonchev–Trinajstić information content (AvgIpc) is 2.77. The molecule has 15 heavy (non-hydrogen) atoms. The smallest absolute Gasteiger partial charge is 0.149 e. The van der Waals surface area contributed by atoms with Crippen LogP contribution in [-0.4, -0.2) is 11.6 Å². The molecule has 1 spiro atoms. The number of ketones is 2. The van der Waals surface area contributed by atoms with Crippen molar-refractivity contribution in [2.75, 3.05) is 0 Å². The Hall–Kier alpha value is -0.660. The zero-order valence-electron chi connectivity index (χ0n) is 9.71. The molecule has 0 amide bonds. The van der Waals surface area contributed by atoms with Gasteiger partial charge in [0.15, 0.2) is 0 Å². The summed E-state index contributed by atoms with van der Waals surface area (Å²) in [4.78, 5) is 24.1. The van der Waals surface area contributed by atoms with Gasteiger partial charge in [0.2, 0.25) is 0 Å². The fourth-order valence-corrected chi connectivity index (χ4v) is 3.27. The third-order valence-corrected chi connectivity index (χ3v) is 4.22. The number of hydrogen-bond acceptors (Lipinski definition) is 2. The van der Waals surface area contributed by atoms with Crippen LogP contribution in [0.3, 0.4) is 0 Å². The fourth-order valence-electron chi connectivity index (χ4n) is 3.27. The molecule has 2 aliphatic rings. The summed E-state index contributed by atoms with van der Waals surface area (Å²) in [5.41, 5.74) is -0.0742. The molecule has 0 bridgehead atoms. The molecule has 0 aromatic carbocycles. The minimum atomic E-state index is -0.261. The van der Waals surface area contributed by atoms with Gasteiger partial charge in [-0.25, -0.2) is 0 Å². The van der Waals surface area contributed by atoms with Crippen molar-refractivity contribution in [2.24, 2.45) is 17.3 Å². The number of rotatable bonds is 2. The second kappa shape index (κ2) is 3.73. The molecule has 1 atom stereocenters. The fraction of sp³-hybridized carbons (Fsp3) is 0.846. The first kappa shape index (κ1) is 10.8. The van der Waals surface area contributed by atoms with Gasteiger partial charge >= 0.3 is 0 Å². The monoisotopic (exact) mass is 208 g/mol. The van der Waals surface area contributed by atoms with Gasteiger partial charge in [0.05, 0.1) is 5.92 Å². The normalized spacial score (nSPS) is 29.3. The van der Waals surface area contributed by atoms with E-state index >= 15 is 0 Å². The molecule has 84 valence electrons. The minimum Gasteiger partial charge on any atom is -0.299 e. The van der Waals surface area contributed by atoms with E-state index in [2.05, 4.69) is 0 Å². The van der Waals surface area contributed by atoms with Gasteiger partial charge in [-0.15, -0.1) is 0 Å². The first-order chi connectivity index (χ1) is 7.07. The summed E-state index contributed by atoms with van der Waals surface area (Å²) in [5, 5.41) is 0. The summed E-state index contributed by atoms with van der Waals surface area (Å²) in [7, 11) is 0. The maximum Gasteiger partial charge on any atom is 0.149 e. The maximum absolute atomic E-state index is 12.3. The molecule has 2 saturated carbocycles. The van der Waals surface area contributed by atoms with Crippen LogP contribution < -0.4 is 0 Å². The Labute approximate surface area is 91.4 Å². The van der Waals surface area contributed by atoms with Crippen molar-refractivity contribution in [1.29, 1.82) is 0 Å². The lowest BCUT2D eigenvalue weighted by Crippen LogP contribution is -2.31. The predicted molar refractivity (Wildman–Crippen MR) is 58.5 cm³/mol. The van der Waals surface area contributed by atoms with Crippen LogP contribution in [0.1, 0.15) is 52.4 Å². The first-order valence-corrected chi connectivity index (χ1v) is 6.15. The highest BCUT2D eigenvalue weighted by atomic mass is 16.2. The highest BCUT2D eigenvalue weighted by molar-refractivity contribution is 6.07. The van der Waals surface area contributed by atoms with Gasteiger partial charge in [0.1, 0.15) is 11.6 Å². The van der Waals surface area contributed by atoms with Gasteiger partial charge in [-0.2, -0.15) is 0 Å². The first-order valence-electron chi connectivity index (χ1n) is 6.15. The zero-order chi connectivity index (χ0) is 11.1. The van der Waals surface area contributed by atoms with E-state index in [1.807, 2.05) is 13.8 Å². The van der Waals surface area contributed by atoms with E-state index in [0.29, 0.717) is 0 Å². The number of hydrogen-bond donors (Lipinski definition) is 0. The zero-order valence-corrected chi connectivity index (χ0v) is 9.71. The highest BCUT2D eigenvalue weighted by Gasteiger charge is 2.51. The standard InChI is InChI=1S/C13H20O2/c1-9(2)11(14)10-5-8-13(12(10)15)6-3-4-7-13/h9-10H,3-8H2,1-2H3. The average molecular weight is 208 g/mol. The summed E-state index contributed by atoms with van der Waals surface area (Å²) in [6.45, 7) is 3.80. The Bertz CT molecular complexity index is 285. The van der Waals surface area contributed by atoms with Gasteiger partial charge in [0, 0.05) is 11.3 Å². The summed E-state index contributed by atoms with van der Waals surface area (Å²) >= 11 is 0. The Kier molecular flexibility index (Phi) is 2.70. The molecule has 2 rings (SSSR count). The van der Waals surface area contributed by atoms with E-state index in [0.717, 1.165) is 25.7 Å². The molecule has 0 N–H and O–H groups in total. The quantitative estimate of drug-likeness (QED) is 0.654. The second-order valence-corrected chi connectivity index (χ2v) is 5.50. The molecule has 2 heteroatoms. The van der Waals surface area contributed by atoms with Crippen LogP contribution in [-0.2, 0) is 9.59 Å². The summed E-state index contributed by atoms with van der Waals surface area (Å²) in [6, 6.07) is 0. The number of carbonyl (C=O) groups is 2. The van der Waals surface area contributed by atoms with Crippen molar-refractivity contribution in [3.05, 3.63) is 0 Å². The summed E-state index contributed by atoms with van der Waals surface area (Å²) in [5.74, 6) is 0.195. The Balaban J connectivity index is 2.13. The van der Waals surface area contributed by atoms with Crippen molar-refractivity contribution in [1.82, 2.24) is 0 Å². The molecule has 2 nitrogen and oxygen atoms in total. The predicted octanol–water partition coefficient (Wildman–Crippen LogP) is 2.75.